The summed E-state index contributed by atoms with van der Waals surface area (Å²) in [5, 5.41) is 7.10. The molecule has 7 nitrogen and oxygen atoms in total. The highest BCUT2D eigenvalue weighted by Gasteiger charge is 2.28. The van der Waals surface area contributed by atoms with Crippen molar-refractivity contribution in [1.82, 2.24) is 19.9 Å². The third-order valence-corrected chi connectivity index (χ3v) is 5.72. The summed E-state index contributed by atoms with van der Waals surface area (Å²) in [6.07, 6.45) is 6.62. The molecule has 0 spiro atoms. The van der Waals surface area contributed by atoms with Crippen molar-refractivity contribution in [2.45, 2.75) is 18.9 Å². The van der Waals surface area contributed by atoms with Gasteiger partial charge in [0.15, 0.2) is 0 Å². The lowest BCUT2D eigenvalue weighted by Crippen LogP contribution is -2.33. The van der Waals surface area contributed by atoms with Gasteiger partial charge in [-0.15, -0.1) is 0 Å². The second-order valence-electron chi connectivity index (χ2n) is 8.05. The number of anilines is 3. The molecule has 2 N–H and O–H groups in total. The number of hydrogen-bond acceptors (Lipinski definition) is 6. The average molecular weight is 442 g/mol. The monoisotopic (exact) mass is 442 g/mol. The van der Waals surface area contributed by atoms with E-state index in [0.717, 1.165) is 47.4 Å². The first-order valence-corrected chi connectivity index (χ1v) is 10.9. The van der Waals surface area contributed by atoms with E-state index in [1.54, 1.807) is 18.5 Å². The molecule has 0 bridgehead atoms. The van der Waals surface area contributed by atoms with E-state index in [4.69, 9.17) is 0 Å². The van der Waals surface area contributed by atoms with Gasteiger partial charge in [0.2, 0.25) is 5.91 Å². The maximum atomic E-state index is 13.0. The second-order valence-corrected chi connectivity index (χ2v) is 8.05. The molecular weight excluding hydrogens is 419 g/mol. The largest absolute Gasteiger partial charge is 0.339 e. The fourth-order valence-electron chi connectivity index (χ4n) is 4.16. The minimum absolute atomic E-state index is 0.0502. The van der Waals surface area contributed by atoms with Crippen molar-refractivity contribution in [2.24, 2.45) is 0 Å². The van der Waals surface area contributed by atoms with E-state index in [1.165, 1.54) is 12.3 Å². The quantitative estimate of drug-likeness (QED) is 0.451. The fraction of sp³-hybridized carbons (Fsp3) is 0.200. The molecule has 5 rings (SSSR count). The number of amides is 1. The molecule has 1 atom stereocenters. The lowest BCUT2D eigenvalue weighted by molar-refractivity contribution is -0.117. The molecule has 8 heteroatoms. The van der Waals surface area contributed by atoms with Crippen LogP contribution in [0.5, 0.6) is 0 Å². The Morgan fingerprint density at radius 1 is 1.03 bits per heavy atom. The summed E-state index contributed by atoms with van der Waals surface area (Å²) in [6.45, 7) is 1.15. The van der Waals surface area contributed by atoms with Gasteiger partial charge in [0.05, 0.1) is 41.9 Å². The number of aromatic nitrogens is 3. The Kier molecular flexibility index (Phi) is 5.91. The van der Waals surface area contributed by atoms with Crippen LogP contribution in [-0.2, 0) is 4.79 Å². The van der Waals surface area contributed by atoms with Crippen LogP contribution >= 0.6 is 0 Å². The molecule has 1 saturated heterocycles. The Labute approximate surface area is 190 Å². The summed E-state index contributed by atoms with van der Waals surface area (Å²) in [7, 11) is 0. The lowest BCUT2D eigenvalue weighted by atomic mass is 10.1. The van der Waals surface area contributed by atoms with Crippen molar-refractivity contribution < 1.29 is 9.18 Å². The predicted octanol–water partition coefficient (Wildman–Crippen LogP) is 4.68. The van der Waals surface area contributed by atoms with Gasteiger partial charge in [-0.05, 0) is 67.9 Å². The summed E-state index contributed by atoms with van der Waals surface area (Å²) in [4.78, 5) is 27.8. The maximum absolute atomic E-state index is 13.0. The highest BCUT2D eigenvalue weighted by atomic mass is 19.1. The van der Waals surface area contributed by atoms with Gasteiger partial charge in [-0.1, -0.05) is 6.07 Å². The molecule has 1 fully saturated rings. The van der Waals surface area contributed by atoms with Crippen molar-refractivity contribution in [2.75, 3.05) is 23.7 Å². The van der Waals surface area contributed by atoms with Crippen molar-refractivity contribution in [3.63, 3.8) is 0 Å². The van der Waals surface area contributed by atoms with Crippen LogP contribution < -0.4 is 10.6 Å². The smallest absolute Gasteiger partial charge is 0.238 e. The van der Waals surface area contributed by atoms with Gasteiger partial charge in [-0.3, -0.25) is 19.7 Å². The van der Waals surface area contributed by atoms with Crippen molar-refractivity contribution >= 4 is 34.0 Å². The minimum Gasteiger partial charge on any atom is -0.339 e. The van der Waals surface area contributed by atoms with Crippen LogP contribution in [0, 0.1) is 5.82 Å². The molecule has 0 aliphatic carbocycles. The van der Waals surface area contributed by atoms with E-state index >= 15 is 0 Å². The zero-order chi connectivity index (χ0) is 22.6. The molecule has 166 valence electrons. The molecule has 4 heterocycles. The van der Waals surface area contributed by atoms with E-state index in [0.29, 0.717) is 12.4 Å². The Morgan fingerprint density at radius 2 is 1.94 bits per heavy atom. The maximum Gasteiger partial charge on any atom is 0.238 e. The van der Waals surface area contributed by atoms with Gasteiger partial charge in [0, 0.05) is 17.3 Å². The summed E-state index contributed by atoms with van der Waals surface area (Å²) >= 11 is 0. The standard InChI is InChI=1S/C25H23FN6O/c26-18-5-10-24(29-14-18)30-20-7-9-22(28-15-20)23-4-2-12-32(23)16-25(33)31-19-6-8-21-17(13-19)3-1-11-27-21/h1,3,5-11,13-15,23H,2,4,12,16H2,(H,29,30)(H,31,33). The zero-order valence-corrected chi connectivity index (χ0v) is 17.9. The predicted molar refractivity (Wildman–Crippen MR) is 126 cm³/mol. The van der Waals surface area contributed by atoms with Crippen molar-refractivity contribution in [1.29, 1.82) is 0 Å². The highest BCUT2D eigenvalue weighted by molar-refractivity contribution is 5.94. The van der Waals surface area contributed by atoms with Crippen LogP contribution in [-0.4, -0.2) is 38.8 Å². The minimum atomic E-state index is -0.378. The molecular formula is C25H23FN6O. The van der Waals surface area contributed by atoms with Crippen LogP contribution in [0.4, 0.5) is 21.6 Å². The van der Waals surface area contributed by atoms with Gasteiger partial charge >= 0.3 is 0 Å². The number of carbonyl (C=O) groups excluding carboxylic acids is 1. The average Bonchev–Trinajstić information content (AvgIpc) is 3.29. The number of hydrogen-bond donors (Lipinski definition) is 2. The van der Waals surface area contributed by atoms with Crippen molar-refractivity contribution in [3.05, 3.63) is 84.7 Å². The molecule has 4 aromatic rings. The molecule has 3 aromatic heterocycles. The molecule has 1 amide bonds. The van der Waals surface area contributed by atoms with Gasteiger partial charge in [-0.2, -0.15) is 0 Å². The van der Waals surface area contributed by atoms with Gasteiger partial charge in [0.25, 0.3) is 0 Å². The van der Waals surface area contributed by atoms with Crippen molar-refractivity contribution in [3.8, 4) is 0 Å². The Morgan fingerprint density at radius 3 is 2.76 bits per heavy atom. The van der Waals surface area contributed by atoms with Gasteiger partial charge < -0.3 is 10.6 Å². The molecule has 1 unspecified atom stereocenters. The number of nitrogens with zero attached hydrogens (tertiary/aromatic N) is 4. The Balaban J connectivity index is 1.22. The number of pyridine rings is 3. The number of benzene rings is 1. The molecule has 1 aliphatic heterocycles. The van der Waals surface area contributed by atoms with E-state index in [-0.39, 0.29) is 17.8 Å². The van der Waals surface area contributed by atoms with Crippen LogP contribution in [0.2, 0.25) is 0 Å². The summed E-state index contributed by atoms with van der Waals surface area (Å²) in [5.74, 6) is 0.123. The lowest BCUT2D eigenvalue weighted by Gasteiger charge is -2.23. The number of rotatable bonds is 6. The zero-order valence-electron chi connectivity index (χ0n) is 17.9. The Hall–Kier alpha value is -3.91. The first kappa shape index (κ1) is 21.0. The van der Waals surface area contributed by atoms with E-state index in [9.17, 15) is 9.18 Å². The topological polar surface area (TPSA) is 83.0 Å². The Bertz CT molecular complexity index is 1260. The first-order chi connectivity index (χ1) is 16.1. The fourth-order valence-corrected chi connectivity index (χ4v) is 4.16. The molecule has 1 aliphatic rings. The number of carbonyl (C=O) groups is 1. The summed E-state index contributed by atoms with van der Waals surface area (Å²) in [5.41, 5.74) is 3.36. The second kappa shape index (κ2) is 9.30. The van der Waals surface area contributed by atoms with E-state index in [2.05, 4.69) is 30.5 Å². The molecule has 1 aromatic carbocycles. The first-order valence-electron chi connectivity index (χ1n) is 10.9. The summed E-state index contributed by atoms with van der Waals surface area (Å²) < 4.78 is 13.0. The SMILES string of the molecule is O=C(CN1CCCC1c1ccc(Nc2ccc(F)cn2)cn1)Nc1ccc2ncccc2c1. The third kappa shape index (κ3) is 4.96. The number of halogens is 1. The third-order valence-electron chi connectivity index (χ3n) is 5.72. The van der Waals surface area contributed by atoms with E-state index < -0.39 is 0 Å². The molecule has 33 heavy (non-hydrogen) atoms. The summed E-state index contributed by atoms with van der Waals surface area (Å²) in [6, 6.07) is 16.5. The normalized spacial score (nSPS) is 16.1. The number of likely N-dealkylation sites (tertiary alicyclic amines) is 1. The van der Waals surface area contributed by atoms with Crippen LogP contribution in [0.25, 0.3) is 10.9 Å². The van der Waals surface area contributed by atoms with Crippen LogP contribution in [0.1, 0.15) is 24.6 Å². The van der Waals surface area contributed by atoms with Gasteiger partial charge in [0.1, 0.15) is 11.6 Å². The van der Waals surface area contributed by atoms with Crippen LogP contribution in [0.15, 0.2) is 73.2 Å². The van der Waals surface area contributed by atoms with Crippen LogP contribution in [0.3, 0.4) is 0 Å². The molecule has 0 radical (unpaired) electrons. The highest BCUT2D eigenvalue weighted by Crippen LogP contribution is 2.31. The number of nitrogens with one attached hydrogen (secondary N) is 2. The van der Waals surface area contributed by atoms with Gasteiger partial charge in [-0.25, -0.2) is 9.37 Å². The molecule has 0 saturated carbocycles. The van der Waals surface area contributed by atoms with E-state index in [1.807, 2.05) is 42.5 Å². The number of fused-ring (bicyclic) bond motifs is 1.